The molecule has 3 aromatic carbocycles. The molecule has 0 bridgehead atoms. The van der Waals surface area contributed by atoms with Crippen LogP contribution < -0.4 is 9.64 Å². The second-order valence-corrected chi connectivity index (χ2v) is 7.98. The van der Waals surface area contributed by atoms with Crippen molar-refractivity contribution in [1.82, 2.24) is 4.90 Å². The molecule has 0 aromatic heterocycles. The predicted molar refractivity (Wildman–Crippen MR) is 113 cm³/mol. The topological polar surface area (TPSA) is 32.8 Å². The zero-order valence-corrected chi connectivity index (χ0v) is 18.3. The van der Waals surface area contributed by atoms with Gasteiger partial charge >= 0.3 is 0 Å². The molecule has 0 N–H and O–H groups in total. The fraction of sp³-hybridized carbons (Fsp3) is 0.227. The van der Waals surface area contributed by atoms with E-state index in [1.165, 1.54) is 12.0 Å². The Hall–Kier alpha value is -2.88. The van der Waals surface area contributed by atoms with Gasteiger partial charge < -0.3 is 14.5 Å². The van der Waals surface area contributed by atoms with Crippen LogP contribution in [-0.4, -0.2) is 44.1 Å². The lowest BCUT2D eigenvalue weighted by atomic mass is 10.0. The van der Waals surface area contributed by atoms with E-state index in [2.05, 4.69) is 15.9 Å². The number of fused-ring (bicyclic) bond motifs is 1. The number of methoxy groups -OCH3 is 1. The van der Waals surface area contributed by atoms with Gasteiger partial charge in [0.25, 0.3) is 5.91 Å². The summed E-state index contributed by atoms with van der Waals surface area (Å²) >= 11 is 3.47. The first-order chi connectivity index (χ1) is 15.3. The number of piperazine rings is 1. The predicted octanol–water partition coefficient (Wildman–Crippen LogP) is 5.27. The Morgan fingerprint density at radius 2 is 1.47 bits per heavy atom. The molecular formula is C22H16BrF5N2O2. The number of carbonyl (C=O) groups excluding carboxylic acids is 1. The van der Waals surface area contributed by atoms with Gasteiger partial charge in [0.2, 0.25) is 5.82 Å². The van der Waals surface area contributed by atoms with Crippen molar-refractivity contribution >= 4 is 38.3 Å². The third-order valence-electron chi connectivity index (χ3n) is 5.45. The number of hydrogen-bond donors (Lipinski definition) is 0. The van der Waals surface area contributed by atoms with E-state index >= 15 is 0 Å². The van der Waals surface area contributed by atoms with Gasteiger partial charge in [0.15, 0.2) is 23.3 Å². The van der Waals surface area contributed by atoms with Crippen molar-refractivity contribution in [2.24, 2.45) is 0 Å². The molecule has 10 heteroatoms. The fourth-order valence-corrected chi connectivity index (χ4v) is 4.55. The molecule has 1 amide bonds. The Morgan fingerprint density at radius 3 is 2.06 bits per heavy atom. The van der Waals surface area contributed by atoms with Gasteiger partial charge in [-0.05, 0) is 32.8 Å². The molecule has 32 heavy (non-hydrogen) atoms. The number of amides is 1. The van der Waals surface area contributed by atoms with Crippen LogP contribution in [0.25, 0.3) is 10.8 Å². The summed E-state index contributed by atoms with van der Waals surface area (Å²) in [7, 11) is 1.44. The molecular weight excluding hydrogens is 499 g/mol. The van der Waals surface area contributed by atoms with Gasteiger partial charge in [0.1, 0.15) is 11.4 Å². The highest BCUT2D eigenvalue weighted by atomic mass is 79.9. The Morgan fingerprint density at radius 1 is 0.906 bits per heavy atom. The molecule has 0 unspecified atom stereocenters. The van der Waals surface area contributed by atoms with Crippen LogP contribution in [0.3, 0.4) is 0 Å². The molecule has 3 aromatic rings. The summed E-state index contributed by atoms with van der Waals surface area (Å²) in [6.07, 6.45) is 0. The Balaban J connectivity index is 1.61. The Kier molecular flexibility index (Phi) is 5.98. The molecule has 4 rings (SSSR count). The number of ether oxygens (including phenoxy) is 1. The van der Waals surface area contributed by atoms with E-state index in [0.717, 1.165) is 15.7 Å². The molecule has 1 heterocycles. The standard InChI is InChI=1S/C22H16BrF5N2O2/c1-32-21-13(10-11-4-2-3-5-12(11)14(21)23)22(31)30-8-6-29(7-9-30)20-18(27)16(25)15(24)17(26)19(20)28/h2-5,10H,6-9H2,1H3. The molecule has 0 saturated carbocycles. The third kappa shape index (κ3) is 3.56. The van der Waals surface area contributed by atoms with Crippen LogP contribution in [0.4, 0.5) is 27.6 Å². The van der Waals surface area contributed by atoms with Crippen molar-refractivity contribution in [3.05, 3.63) is 69.5 Å². The number of nitrogens with zero attached hydrogens (tertiary/aromatic N) is 2. The minimum atomic E-state index is -2.20. The highest BCUT2D eigenvalue weighted by Gasteiger charge is 2.32. The summed E-state index contributed by atoms with van der Waals surface area (Å²) in [5.41, 5.74) is -0.692. The number of rotatable bonds is 3. The molecule has 1 aliphatic heterocycles. The van der Waals surface area contributed by atoms with Crippen LogP contribution in [-0.2, 0) is 0 Å². The highest BCUT2D eigenvalue weighted by Crippen LogP contribution is 2.37. The summed E-state index contributed by atoms with van der Waals surface area (Å²) < 4.78 is 74.8. The van der Waals surface area contributed by atoms with Crippen LogP contribution in [0.2, 0.25) is 0 Å². The number of carbonyl (C=O) groups is 1. The van der Waals surface area contributed by atoms with Crippen molar-refractivity contribution in [1.29, 1.82) is 0 Å². The Labute approximate surface area is 188 Å². The SMILES string of the molecule is COc1c(C(=O)N2CCN(c3c(F)c(F)c(F)c(F)c3F)CC2)cc2ccccc2c1Br. The lowest BCUT2D eigenvalue weighted by Gasteiger charge is -2.36. The minimum absolute atomic E-state index is 0.0198. The quantitative estimate of drug-likeness (QED) is 0.271. The normalized spacial score (nSPS) is 14.2. The highest BCUT2D eigenvalue weighted by molar-refractivity contribution is 9.10. The van der Waals surface area contributed by atoms with E-state index in [1.54, 1.807) is 6.07 Å². The number of hydrogen-bond acceptors (Lipinski definition) is 3. The van der Waals surface area contributed by atoms with Crippen LogP contribution in [0.15, 0.2) is 34.8 Å². The van der Waals surface area contributed by atoms with Crippen LogP contribution in [0.5, 0.6) is 5.75 Å². The van der Waals surface area contributed by atoms with Crippen LogP contribution in [0, 0.1) is 29.1 Å². The zero-order valence-electron chi connectivity index (χ0n) is 16.7. The van der Waals surface area contributed by atoms with E-state index in [4.69, 9.17) is 4.74 Å². The molecule has 1 aliphatic rings. The van der Waals surface area contributed by atoms with Gasteiger partial charge in [-0.2, -0.15) is 0 Å². The average Bonchev–Trinajstić information content (AvgIpc) is 2.81. The first kappa shape index (κ1) is 22.3. The van der Waals surface area contributed by atoms with Gasteiger partial charge in [-0.15, -0.1) is 0 Å². The molecule has 0 spiro atoms. The zero-order chi connectivity index (χ0) is 23.2. The monoisotopic (exact) mass is 514 g/mol. The number of anilines is 1. The van der Waals surface area contributed by atoms with Crippen molar-refractivity contribution in [2.75, 3.05) is 38.2 Å². The first-order valence-corrected chi connectivity index (χ1v) is 10.4. The molecule has 0 radical (unpaired) electrons. The van der Waals surface area contributed by atoms with Crippen molar-refractivity contribution < 1.29 is 31.5 Å². The Bertz CT molecular complexity index is 1200. The van der Waals surface area contributed by atoms with Gasteiger partial charge in [-0.1, -0.05) is 24.3 Å². The first-order valence-electron chi connectivity index (χ1n) is 9.57. The van der Waals surface area contributed by atoms with Gasteiger partial charge in [0, 0.05) is 26.2 Å². The number of benzene rings is 3. The summed E-state index contributed by atoms with van der Waals surface area (Å²) in [4.78, 5) is 15.7. The van der Waals surface area contributed by atoms with Crippen LogP contribution >= 0.6 is 15.9 Å². The minimum Gasteiger partial charge on any atom is -0.495 e. The van der Waals surface area contributed by atoms with Crippen molar-refractivity contribution in [3.8, 4) is 5.75 Å². The number of halogens is 6. The second kappa shape index (κ2) is 8.57. The van der Waals surface area contributed by atoms with Crippen molar-refractivity contribution in [2.45, 2.75) is 0 Å². The van der Waals surface area contributed by atoms with E-state index in [0.29, 0.717) is 15.8 Å². The van der Waals surface area contributed by atoms with E-state index < -0.39 is 34.8 Å². The molecule has 1 fully saturated rings. The van der Waals surface area contributed by atoms with Crippen molar-refractivity contribution in [3.63, 3.8) is 0 Å². The van der Waals surface area contributed by atoms with Gasteiger partial charge in [-0.3, -0.25) is 4.79 Å². The largest absolute Gasteiger partial charge is 0.495 e. The lowest BCUT2D eigenvalue weighted by Crippen LogP contribution is -2.49. The third-order valence-corrected chi connectivity index (χ3v) is 6.23. The molecule has 4 nitrogen and oxygen atoms in total. The summed E-state index contributed by atoms with van der Waals surface area (Å²) in [6.45, 7) is -0.180. The van der Waals surface area contributed by atoms with E-state index in [-0.39, 0.29) is 32.1 Å². The summed E-state index contributed by atoms with van der Waals surface area (Å²) in [6, 6.07) is 9.10. The van der Waals surface area contributed by atoms with E-state index in [9.17, 15) is 26.7 Å². The maximum atomic E-state index is 14.1. The summed E-state index contributed by atoms with van der Waals surface area (Å²) in [5.74, 6) is -10.00. The molecule has 0 atom stereocenters. The van der Waals surface area contributed by atoms with E-state index in [1.807, 2.05) is 24.3 Å². The average molecular weight is 515 g/mol. The lowest BCUT2D eigenvalue weighted by molar-refractivity contribution is 0.0743. The maximum absolute atomic E-state index is 14.1. The van der Waals surface area contributed by atoms with Gasteiger partial charge in [-0.25, -0.2) is 22.0 Å². The van der Waals surface area contributed by atoms with Gasteiger partial charge in [0.05, 0.1) is 17.1 Å². The summed E-state index contributed by atoms with van der Waals surface area (Å²) in [5, 5.41) is 1.67. The molecule has 168 valence electrons. The fourth-order valence-electron chi connectivity index (χ4n) is 3.82. The van der Waals surface area contributed by atoms with Crippen LogP contribution in [0.1, 0.15) is 10.4 Å². The smallest absolute Gasteiger partial charge is 0.257 e. The molecule has 1 saturated heterocycles. The molecule has 0 aliphatic carbocycles. The second-order valence-electron chi connectivity index (χ2n) is 7.19. The maximum Gasteiger partial charge on any atom is 0.257 e.